The molecule has 1 aliphatic rings. The number of rotatable bonds is 4. The highest BCUT2D eigenvalue weighted by atomic mass is 16.5. The molecule has 0 aliphatic carbocycles. The number of ether oxygens (including phenoxy) is 1. The van der Waals surface area contributed by atoms with E-state index in [-0.39, 0.29) is 12.6 Å². The Morgan fingerprint density at radius 1 is 1.53 bits per heavy atom. The van der Waals surface area contributed by atoms with Crippen molar-refractivity contribution in [2.45, 2.75) is 32.3 Å². The summed E-state index contributed by atoms with van der Waals surface area (Å²) in [6.07, 6.45) is 1.41. The topological polar surface area (TPSA) is 63.6 Å². The highest BCUT2D eigenvalue weighted by molar-refractivity contribution is 5.93. The Bertz CT molecular complexity index is 464. The van der Waals surface area contributed by atoms with Gasteiger partial charge in [-0.25, -0.2) is 4.79 Å². The summed E-state index contributed by atoms with van der Waals surface area (Å²) < 4.78 is 4.89. The Balaban J connectivity index is 2.33. The van der Waals surface area contributed by atoms with Crippen molar-refractivity contribution >= 4 is 11.9 Å². The molecule has 17 heavy (non-hydrogen) atoms. The van der Waals surface area contributed by atoms with Gasteiger partial charge in [0.15, 0.2) is 0 Å². The molecule has 0 fully saturated rings. The SMILES string of the molecule is CCCC(C(=O)O)c1ccc2c(c1)COC2=O. The van der Waals surface area contributed by atoms with Gasteiger partial charge in [0.1, 0.15) is 6.61 Å². The van der Waals surface area contributed by atoms with Gasteiger partial charge in [0, 0.05) is 5.56 Å². The van der Waals surface area contributed by atoms with Crippen LogP contribution in [0.3, 0.4) is 0 Å². The van der Waals surface area contributed by atoms with Crippen LogP contribution in [-0.4, -0.2) is 17.0 Å². The number of hydrogen-bond donors (Lipinski definition) is 1. The van der Waals surface area contributed by atoms with E-state index >= 15 is 0 Å². The molecule has 4 nitrogen and oxygen atoms in total. The number of carboxylic acid groups (broad SMARTS) is 1. The third-order valence-electron chi connectivity index (χ3n) is 2.99. The molecule has 0 amide bonds. The molecule has 0 saturated carbocycles. The fourth-order valence-electron chi connectivity index (χ4n) is 2.09. The van der Waals surface area contributed by atoms with Gasteiger partial charge in [-0.3, -0.25) is 4.79 Å². The van der Waals surface area contributed by atoms with Gasteiger partial charge in [-0.2, -0.15) is 0 Å². The lowest BCUT2D eigenvalue weighted by Gasteiger charge is -2.12. The Morgan fingerprint density at radius 2 is 2.29 bits per heavy atom. The largest absolute Gasteiger partial charge is 0.481 e. The fraction of sp³-hybridized carbons (Fsp3) is 0.385. The van der Waals surface area contributed by atoms with Gasteiger partial charge in [0.05, 0.1) is 11.5 Å². The summed E-state index contributed by atoms with van der Waals surface area (Å²) in [4.78, 5) is 22.4. The molecule has 1 unspecified atom stereocenters. The molecule has 1 heterocycles. The quantitative estimate of drug-likeness (QED) is 0.812. The Kier molecular flexibility index (Phi) is 3.13. The molecule has 1 aromatic carbocycles. The predicted molar refractivity (Wildman–Crippen MR) is 60.8 cm³/mol. The Hall–Kier alpha value is -1.84. The minimum atomic E-state index is -0.822. The van der Waals surface area contributed by atoms with E-state index in [2.05, 4.69) is 0 Å². The molecule has 0 radical (unpaired) electrons. The summed E-state index contributed by atoms with van der Waals surface area (Å²) in [7, 11) is 0. The van der Waals surface area contributed by atoms with E-state index < -0.39 is 11.9 Å². The summed E-state index contributed by atoms with van der Waals surface area (Å²) in [6.45, 7) is 2.20. The zero-order valence-electron chi connectivity index (χ0n) is 9.60. The highest BCUT2D eigenvalue weighted by Gasteiger charge is 2.24. The van der Waals surface area contributed by atoms with Crippen molar-refractivity contribution in [2.24, 2.45) is 0 Å². The molecule has 0 spiro atoms. The van der Waals surface area contributed by atoms with Crippen LogP contribution in [-0.2, 0) is 16.1 Å². The van der Waals surface area contributed by atoms with Crippen LogP contribution in [0.15, 0.2) is 18.2 Å². The van der Waals surface area contributed by atoms with Crippen LogP contribution in [0.2, 0.25) is 0 Å². The third-order valence-corrected chi connectivity index (χ3v) is 2.99. The lowest BCUT2D eigenvalue weighted by molar-refractivity contribution is -0.139. The second kappa shape index (κ2) is 4.57. The summed E-state index contributed by atoms with van der Waals surface area (Å²) in [6, 6.07) is 5.14. The first-order valence-electron chi connectivity index (χ1n) is 5.66. The second-order valence-corrected chi connectivity index (χ2v) is 4.17. The van der Waals surface area contributed by atoms with Crippen LogP contribution in [0.1, 0.15) is 47.2 Å². The van der Waals surface area contributed by atoms with E-state index in [4.69, 9.17) is 9.84 Å². The zero-order valence-corrected chi connectivity index (χ0v) is 9.60. The van der Waals surface area contributed by atoms with Crippen molar-refractivity contribution in [3.05, 3.63) is 34.9 Å². The van der Waals surface area contributed by atoms with Crippen LogP contribution in [0.5, 0.6) is 0 Å². The Labute approximate surface area is 99.2 Å². The molecule has 2 rings (SSSR count). The fourth-order valence-corrected chi connectivity index (χ4v) is 2.09. The maximum atomic E-state index is 11.3. The maximum absolute atomic E-state index is 11.3. The lowest BCUT2D eigenvalue weighted by Crippen LogP contribution is -2.11. The number of esters is 1. The average molecular weight is 234 g/mol. The molecule has 0 aromatic heterocycles. The van der Waals surface area contributed by atoms with Gasteiger partial charge < -0.3 is 9.84 Å². The van der Waals surface area contributed by atoms with E-state index in [9.17, 15) is 9.59 Å². The molecule has 1 N–H and O–H groups in total. The van der Waals surface area contributed by atoms with Crippen molar-refractivity contribution in [3.8, 4) is 0 Å². The number of benzene rings is 1. The van der Waals surface area contributed by atoms with Gasteiger partial charge in [0.2, 0.25) is 0 Å². The summed E-state index contributed by atoms with van der Waals surface area (Å²) in [5.41, 5.74) is 2.08. The molecular formula is C13H14O4. The first kappa shape index (κ1) is 11.6. The lowest BCUT2D eigenvalue weighted by atomic mass is 9.92. The predicted octanol–water partition coefficient (Wildman–Crippen LogP) is 2.33. The van der Waals surface area contributed by atoms with Crippen LogP contribution in [0.25, 0.3) is 0 Å². The van der Waals surface area contributed by atoms with Crippen LogP contribution >= 0.6 is 0 Å². The standard InChI is InChI=1S/C13H14O4/c1-2-3-10(12(14)15)8-4-5-11-9(6-8)7-17-13(11)16/h4-6,10H,2-3,7H2,1H3,(H,14,15). The number of carbonyl (C=O) groups excluding carboxylic acids is 1. The average Bonchev–Trinajstić information content (AvgIpc) is 2.67. The van der Waals surface area contributed by atoms with E-state index in [0.717, 1.165) is 17.5 Å². The smallest absolute Gasteiger partial charge is 0.338 e. The minimum Gasteiger partial charge on any atom is -0.481 e. The van der Waals surface area contributed by atoms with Crippen molar-refractivity contribution < 1.29 is 19.4 Å². The van der Waals surface area contributed by atoms with Gasteiger partial charge in [-0.1, -0.05) is 25.5 Å². The molecule has 4 heteroatoms. The molecule has 1 aromatic rings. The normalized spacial score (nSPS) is 15.2. The van der Waals surface area contributed by atoms with Crippen molar-refractivity contribution in [1.82, 2.24) is 0 Å². The van der Waals surface area contributed by atoms with Crippen LogP contribution in [0.4, 0.5) is 0 Å². The van der Waals surface area contributed by atoms with Gasteiger partial charge in [0.25, 0.3) is 0 Å². The molecular weight excluding hydrogens is 220 g/mol. The van der Waals surface area contributed by atoms with Crippen LogP contribution in [0, 0.1) is 0 Å². The minimum absolute atomic E-state index is 0.250. The van der Waals surface area contributed by atoms with Gasteiger partial charge in [-0.05, 0) is 18.1 Å². The summed E-state index contributed by atoms with van der Waals surface area (Å²) in [5.74, 6) is -1.65. The van der Waals surface area contributed by atoms with Crippen LogP contribution < -0.4 is 0 Å². The first-order chi connectivity index (χ1) is 8.13. The van der Waals surface area contributed by atoms with Crippen molar-refractivity contribution in [3.63, 3.8) is 0 Å². The maximum Gasteiger partial charge on any atom is 0.338 e. The first-order valence-corrected chi connectivity index (χ1v) is 5.66. The van der Waals surface area contributed by atoms with E-state index in [1.807, 2.05) is 6.92 Å². The molecule has 0 bridgehead atoms. The summed E-state index contributed by atoms with van der Waals surface area (Å²) >= 11 is 0. The van der Waals surface area contributed by atoms with Gasteiger partial charge in [-0.15, -0.1) is 0 Å². The number of aliphatic carboxylic acids is 1. The van der Waals surface area contributed by atoms with Gasteiger partial charge >= 0.3 is 11.9 Å². The molecule has 0 saturated heterocycles. The number of carbonyl (C=O) groups is 2. The van der Waals surface area contributed by atoms with E-state index in [1.54, 1.807) is 18.2 Å². The molecule has 1 aliphatic heterocycles. The van der Waals surface area contributed by atoms with Crippen molar-refractivity contribution in [2.75, 3.05) is 0 Å². The highest BCUT2D eigenvalue weighted by Crippen LogP contribution is 2.27. The third kappa shape index (κ3) is 2.16. The second-order valence-electron chi connectivity index (χ2n) is 4.17. The number of cyclic esters (lactones) is 1. The molecule has 1 atom stereocenters. The molecule has 90 valence electrons. The monoisotopic (exact) mass is 234 g/mol. The number of hydrogen-bond acceptors (Lipinski definition) is 3. The number of fused-ring (bicyclic) bond motifs is 1. The van der Waals surface area contributed by atoms with Crippen molar-refractivity contribution in [1.29, 1.82) is 0 Å². The van der Waals surface area contributed by atoms with E-state index in [0.29, 0.717) is 12.0 Å². The number of carboxylic acids is 1. The van der Waals surface area contributed by atoms with E-state index in [1.165, 1.54) is 0 Å². The zero-order chi connectivity index (χ0) is 12.4. The summed E-state index contributed by atoms with van der Waals surface area (Å²) in [5, 5.41) is 9.16. The Morgan fingerprint density at radius 3 is 2.94 bits per heavy atom.